The number of anilines is 2. The fourth-order valence-electron chi connectivity index (χ4n) is 4.65. The van der Waals surface area contributed by atoms with Gasteiger partial charge in [0.15, 0.2) is 0 Å². The first kappa shape index (κ1) is 30.4. The highest BCUT2D eigenvalue weighted by atomic mass is 16.3. The summed E-state index contributed by atoms with van der Waals surface area (Å²) in [6, 6.07) is 17.8. The third kappa shape index (κ3) is 7.01. The van der Waals surface area contributed by atoms with Crippen LogP contribution in [-0.4, -0.2) is 89.5 Å². The number of hydrogen-bond donors (Lipinski definition) is 8. The average molecular weight is 574 g/mol. The van der Waals surface area contributed by atoms with Crippen molar-refractivity contribution in [2.45, 2.75) is 0 Å². The Balaban J connectivity index is 0.000000337. The zero-order chi connectivity index (χ0) is 29.9. The fraction of sp³-hybridized carbons (Fsp3) is 0.258. The lowest BCUT2D eigenvalue weighted by atomic mass is 9.81. The van der Waals surface area contributed by atoms with Gasteiger partial charge in [0.05, 0.1) is 41.0 Å². The number of hydrogen-bond acceptors (Lipinski definition) is 11. The van der Waals surface area contributed by atoms with Crippen molar-refractivity contribution in [1.29, 1.82) is 0 Å². The molecule has 11 heteroatoms. The second-order valence-corrected chi connectivity index (χ2v) is 9.42. The molecule has 0 atom stereocenters. The average Bonchev–Trinajstić information content (AvgIpc) is 3.01. The normalized spacial score (nSPS) is 11.9. The molecular formula is C31H35N5O6. The van der Waals surface area contributed by atoms with Crippen LogP contribution in [0.4, 0.5) is 11.4 Å². The number of nitrogens with zero attached hydrogens (tertiary/aromatic N) is 1. The molecule has 1 aliphatic carbocycles. The smallest absolute Gasteiger partial charge is 0.200 e. The van der Waals surface area contributed by atoms with Crippen LogP contribution in [0.15, 0.2) is 66.9 Å². The molecule has 1 aliphatic rings. The summed E-state index contributed by atoms with van der Waals surface area (Å²) in [6.07, 6.45) is 1.81. The standard InChI is InChI=1S/C22H28N4O6.C9H7N/c27-11-9-23-5-7-25-13-1-2-14(26-8-6-24-10-12-28)18-17(13)21(31)19-15(29)3-4-16(30)20(19)22(18)32;1-2-6-9-8(4-1)5-3-7-10-9/h1-4,23-30H,5-12H2;1-7H. The summed E-state index contributed by atoms with van der Waals surface area (Å²) in [5.74, 6) is -1.86. The summed E-state index contributed by atoms with van der Waals surface area (Å²) >= 11 is 0. The number of para-hydroxylation sites is 1. The number of benzene rings is 3. The van der Waals surface area contributed by atoms with Crippen LogP contribution in [0.3, 0.4) is 0 Å². The number of aromatic nitrogens is 1. The van der Waals surface area contributed by atoms with Gasteiger partial charge in [-0.05, 0) is 36.4 Å². The van der Waals surface area contributed by atoms with Crippen LogP contribution in [0.2, 0.25) is 0 Å². The summed E-state index contributed by atoms with van der Waals surface area (Å²) in [5.41, 5.74) is 1.74. The second kappa shape index (κ2) is 14.9. The topological polar surface area (TPSA) is 176 Å². The maximum atomic E-state index is 13.4. The van der Waals surface area contributed by atoms with E-state index < -0.39 is 11.6 Å². The number of nitrogens with one attached hydrogen (secondary N) is 4. The van der Waals surface area contributed by atoms with E-state index in [1.54, 1.807) is 12.1 Å². The number of aromatic hydroxyl groups is 2. The highest BCUT2D eigenvalue weighted by Crippen LogP contribution is 2.42. The molecule has 0 spiro atoms. The Morgan fingerprint density at radius 2 is 1.07 bits per heavy atom. The number of carbonyl (C=O) groups is 2. The Bertz CT molecular complexity index is 1400. The number of rotatable bonds is 12. The van der Waals surface area contributed by atoms with Crippen LogP contribution in [0.5, 0.6) is 11.5 Å². The third-order valence-electron chi connectivity index (χ3n) is 6.60. The van der Waals surface area contributed by atoms with Crippen molar-refractivity contribution >= 4 is 33.8 Å². The SMILES string of the molecule is O=C1c2c(O)ccc(O)c2C(=O)c2c(NCCNCCO)ccc(NCCNCCO)c21.c1ccc2ncccc2c1. The van der Waals surface area contributed by atoms with Gasteiger partial charge in [-0.15, -0.1) is 0 Å². The van der Waals surface area contributed by atoms with Crippen molar-refractivity contribution in [2.75, 3.05) is 63.1 Å². The highest BCUT2D eigenvalue weighted by molar-refractivity contribution is 6.33. The molecule has 4 aromatic rings. The first-order chi connectivity index (χ1) is 20.5. The third-order valence-corrected chi connectivity index (χ3v) is 6.60. The van der Waals surface area contributed by atoms with Gasteiger partial charge < -0.3 is 41.7 Å². The Labute approximate surface area is 243 Å². The van der Waals surface area contributed by atoms with E-state index in [4.69, 9.17) is 10.2 Å². The van der Waals surface area contributed by atoms with Crippen molar-refractivity contribution in [3.05, 3.63) is 89.1 Å². The maximum Gasteiger partial charge on any atom is 0.200 e. The number of pyridine rings is 1. The zero-order valence-corrected chi connectivity index (χ0v) is 23.1. The van der Waals surface area contributed by atoms with E-state index in [-0.39, 0.29) is 47.0 Å². The Hall–Kier alpha value is -4.55. The summed E-state index contributed by atoms with van der Waals surface area (Å²) in [5, 5.41) is 51.8. The molecule has 0 bridgehead atoms. The largest absolute Gasteiger partial charge is 0.507 e. The van der Waals surface area contributed by atoms with Crippen LogP contribution in [0.25, 0.3) is 10.9 Å². The van der Waals surface area contributed by atoms with E-state index in [0.29, 0.717) is 50.6 Å². The predicted molar refractivity (Wildman–Crippen MR) is 162 cm³/mol. The van der Waals surface area contributed by atoms with Gasteiger partial charge in [0, 0.05) is 62.2 Å². The molecule has 0 amide bonds. The van der Waals surface area contributed by atoms with Crippen molar-refractivity contribution in [3.63, 3.8) is 0 Å². The molecule has 8 N–H and O–H groups in total. The quantitative estimate of drug-likeness (QED) is 0.0810. The number of phenolic OH excluding ortho intramolecular Hbond substituents is 2. The van der Waals surface area contributed by atoms with E-state index in [0.717, 1.165) is 5.52 Å². The predicted octanol–water partition coefficient (Wildman–Crippen LogP) is 2.10. The summed E-state index contributed by atoms with van der Waals surface area (Å²) in [7, 11) is 0. The van der Waals surface area contributed by atoms with E-state index in [2.05, 4.69) is 38.4 Å². The van der Waals surface area contributed by atoms with Crippen molar-refractivity contribution in [2.24, 2.45) is 0 Å². The summed E-state index contributed by atoms with van der Waals surface area (Å²) < 4.78 is 0. The number of fused-ring (bicyclic) bond motifs is 3. The fourth-order valence-corrected chi connectivity index (χ4v) is 4.65. The van der Waals surface area contributed by atoms with Crippen LogP contribution in [0.1, 0.15) is 31.8 Å². The van der Waals surface area contributed by atoms with Gasteiger partial charge in [-0.2, -0.15) is 0 Å². The Morgan fingerprint density at radius 3 is 1.57 bits per heavy atom. The highest BCUT2D eigenvalue weighted by Gasteiger charge is 2.37. The molecule has 0 unspecified atom stereocenters. The summed E-state index contributed by atoms with van der Waals surface area (Å²) in [6.45, 7) is 2.81. The zero-order valence-electron chi connectivity index (χ0n) is 23.1. The van der Waals surface area contributed by atoms with Crippen molar-refractivity contribution in [1.82, 2.24) is 15.6 Å². The molecule has 1 heterocycles. The van der Waals surface area contributed by atoms with Gasteiger partial charge >= 0.3 is 0 Å². The molecule has 0 aliphatic heterocycles. The van der Waals surface area contributed by atoms with Crippen LogP contribution < -0.4 is 21.3 Å². The van der Waals surface area contributed by atoms with Gasteiger partial charge in [-0.3, -0.25) is 14.6 Å². The van der Waals surface area contributed by atoms with Crippen LogP contribution in [-0.2, 0) is 0 Å². The molecular weight excluding hydrogens is 538 g/mol. The second-order valence-electron chi connectivity index (χ2n) is 9.42. The first-order valence-electron chi connectivity index (χ1n) is 13.7. The minimum atomic E-state index is -0.559. The number of phenols is 2. The van der Waals surface area contributed by atoms with Crippen molar-refractivity contribution < 1.29 is 30.0 Å². The van der Waals surface area contributed by atoms with E-state index in [1.165, 1.54) is 17.5 Å². The lowest BCUT2D eigenvalue weighted by molar-refractivity contribution is 0.0975. The van der Waals surface area contributed by atoms with Gasteiger partial charge in [0.1, 0.15) is 11.5 Å². The molecule has 3 aromatic carbocycles. The lowest BCUT2D eigenvalue weighted by Crippen LogP contribution is -2.28. The maximum absolute atomic E-state index is 13.4. The first-order valence-corrected chi connectivity index (χ1v) is 13.7. The van der Waals surface area contributed by atoms with E-state index in [1.807, 2.05) is 30.5 Å². The molecule has 0 saturated carbocycles. The monoisotopic (exact) mass is 573 g/mol. The molecule has 0 radical (unpaired) electrons. The lowest BCUT2D eigenvalue weighted by Gasteiger charge is -2.25. The van der Waals surface area contributed by atoms with Gasteiger partial charge in [0.2, 0.25) is 11.6 Å². The van der Waals surface area contributed by atoms with Crippen LogP contribution >= 0.6 is 0 Å². The Morgan fingerprint density at radius 1 is 0.571 bits per heavy atom. The van der Waals surface area contributed by atoms with Gasteiger partial charge in [0.25, 0.3) is 0 Å². The molecule has 0 fully saturated rings. The minimum absolute atomic E-state index is 0.00939. The molecule has 0 saturated heterocycles. The van der Waals surface area contributed by atoms with Gasteiger partial charge in [-0.25, -0.2) is 0 Å². The number of aliphatic hydroxyl groups excluding tert-OH is 2. The summed E-state index contributed by atoms with van der Waals surface area (Å²) in [4.78, 5) is 30.9. The molecule has 11 nitrogen and oxygen atoms in total. The molecule has 1 aromatic heterocycles. The van der Waals surface area contributed by atoms with E-state index in [9.17, 15) is 19.8 Å². The minimum Gasteiger partial charge on any atom is -0.507 e. The number of aliphatic hydroxyl groups is 2. The number of ketones is 2. The van der Waals surface area contributed by atoms with Gasteiger partial charge in [-0.1, -0.05) is 24.3 Å². The van der Waals surface area contributed by atoms with Crippen molar-refractivity contribution in [3.8, 4) is 11.5 Å². The van der Waals surface area contributed by atoms with E-state index >= 15 is 0 Å². The molecule has 5 rings (SSSR count). The molecule has 220 valence electrons. The number of carbonyl (C=O) groups excluding carboxylic acids is 2. The Kier molecular flexibility index (Phi) is 10.8. The molecule has 42 heavy (non-hydrogen) atoms. The van der Waals surface area contributed by atoms with Crippen LogP contribution in [0, 0.1) is 0 Å².